The lowest BCUT2D eigenvalue weighted by Crippen LogP contribution is -2.54. The first-order valence-corrected chi connectivity index (χ1v) is 14.4. The Bertz CT molecular complexity index is 947. The lowest BCUT2D eigenvalue weighted by molar-refractivity contribution is -0.145. The molecule has 2 rings (SSSR count). The normalized spacial score (nSPS) is 20.6. The summed E-state index contributed by atoms with van der Waals surface area (Å²) in [6, 6.07) is 8.10. The number of aliphatic hydroxyl groups is 1. The van der Waals surface area contributed by atoms with E-state index in [1.165, 1.54) is 0 Å². The number of carbonyl (C=O) groups excluding carboxylic acids is 3. The number of amides is 3. The van der Waals surface area contributed by atoms with E-state index in [1.807, 2.05) is 44.2 Å². The predicted octanol–water partition coefficient (Wildman–Crippen LogP) is 2.10. The van der Waals surface area contributed by atoms with Crippen molar-refractivity contribution in [1.29, 1.82) is 0 Å². The van der Waals surface area contributed by atoms with E-state index in [2.05, 4.69) is 5.32 Å². The Morgan fingerprint density at radius 3 is 2.35 bits per heavy atom. The van der Waals surface area contributed by atoms with E-state index in [0.717, 1.165) is 18.4 Å². The molecule has 10 heteroatoms. The maximum Gasteiger partial charge on any atom is 0.236 e. The predicted molar refractivity (Wildman–Crippen MR) is 154 cm³/mol. The van der Waals surface area contributed by atoms with Crippen molar-refractivity contribution in [1.82, 2.24) is 15.1 Å². The fourth-order valence-electron chi connectivity index (χ4n) is 5.84. The SMILES string of the molecule is CCC(C)C(C(CC(=O)N1CCCC1C(OC)C(C)C(=O)NC(C)C(O)c1ccccc1)OC)N(C)C(=O)CN. The van der Waals surface area contributed by atoms with Crippen molar-refractivity contribution in [2.45, 2.75) is 89.8 Å². The average Bonchev–Trinajstić information content (AvgIpc) is 3.45. The summed E-state index contributed by atoms with van der Waals surface area (Å²) >= 11 is 0. The van der Waals surface area contributed by atoms with Gasteiger partial charge in [-0.05, 0) is 31.2 Å². The molecule has 8 atom stereocenters. The van der Waals surface area contributed by atoms with Gasteiger partial charge < -0.3 is 35.4 Å². The number of ether oxygens (including phenoxy) is 2. The van der Waals surface area contributed by atoms with Crippen LogP contribution in [0.1, 0.15) is 65.0 Å². The van der Waals surface area contributed by atoms with E-state index in [4.69, 9.17) is 15.2 Å². The first-order valence-electron chi connectivity index (χ1n) is 14.4. The fraction of sp³-hybridized carbons (Fsp3) is 0.700. The Hall–Kier alpha value is -2.53. The van der Waals surface area contributed by atoms with E-state index in [0.29, 0.717) is 13.0 Å². The number of hydrogen-bond donors (Lipinski definition) is 3. The number of nitrogens with one attached hydrogen (secondary N) is 1. The van der Waals surface area contributed by atoms with Crippen molar-refractivity contribution in [3.05, 3.63) is 35.9 Å². The van der Waals surface area contributed by atoms with E-state index < -0.39 is 30.3 Å². The molecule has 226 valence electrons. The first kappa shape index (κ1) is 33.7. The Balaban J connectivity index is 2.14. The molecule has 3 amide bonds. The number of nitrogens with two attached hydrogens (primary N) is 1. The van der Waals surface area contributed by atoms with Gasteiger partial charge in [-0.3, -0.25) is 14.4 Å². The molecule has 8 unspecified atom stereocenters. The summed E-state index contributed by atoms with van der Waals surface area (Å²) < 4.78 is 11.6. The van der Waals surface area contributed by atoms with Crippen LogP contribution in [0.4, 0.5) is 0 Å². The number of carbonyl (C=O) groups is 3. The van der Waals surface area contributed by atoms with Crippen LogP contribution in [0.2, 0.25) is 0 Å². The molecule has 0 aliphatic carbocycles. The van der Waals surface area contributed by atoms with Crippen molar-refractivity contribution in [3.63, 3.8) is 0 Å². The summed E-state index contributed by atoms with van der Waals surface area (Å²) in [6.45, 7) is 8.08. The highest BCUT2D eigenvalue weighted by Gasteiger charge is 2.42. The first-order chi connectivity index (χ1) is 19.0. The zero-order valence-electron chi connectivity index (χ0n) is 25.2. The van der Waals surface area contributed by atoms with Gasteiger partial charge in [-0.15, -0.1) is 0 Å². The number of likely N-dealkylation sites (N-methyl/N-ethyl adjacent to an activating group) is 1. The number of aliphatic hydroxyl groups excluding tert-OH is 1. The molecular weight excluding hydrogens is 512 g/mol. The van der Waals surface area contributed by atoms with Crippen molar-refractivity contribution in [2.24, 2.45) is 17.6 Å². The van der Waals surface area contributed by atoms with Crippen LogP contribution >= 0.6 is 0 Å². The number of hydrogen-bond acceptors (Lipinski definition) is 7. The van der Waals surface area contributed by atoms with Crippen LogP contribution in [-0.2, 0) is 23.9 Å². The van der Waals surface area contributed by atoms with Gasteiger partial charge in [-0.25, -0.2) is 0 Å². The zero-order valence-corrected chi connectivity index (χ0v) is 25.2. The molecule has 0 spiro atoms. The van der Waals surface area contributed by atoms with Crippen LogP contribution in [0, 0.1) is 11.8 Å². The number of likely N-dealkylation sites (tertiary alicyclic amines) is 1. The number of methoxy groups -OCH3 is 2. The van der Waals surface area contributed by atoms with Crippen LogP contribution < -0.4 is 11.1 Å². The highest BCUT2D eigenvalue weighted by Crippen LogP contribution is 2.29. The minimum Gasteiger partial charge on any atom is -0.386 e. The van der Waals surface area contributed by atoms with Gasteiger partial charge in [0.1, 0.15) is 0 Å². The van der Waals surface area contributed by atoms with Crippen LogP contribution in [0.5, 0.6) is 0 Å². The van der Waals surface area contributed by atoms with Crippen molar-refractivity contribution in [3.8, 4) is 0 Å². The molecule has 0 saturated carbocycles. The van der Waals surface area contributed by atoms with E-state index in [-0.39, 0.29) is 48.7 Å². The minimum atomic E-state index is -0.850. The van der Waals surface area contributed by atoms with E-state index in [1.54, 1.807) is 44.9 Å². The molecule has 1 aromatic carbocycles. The molecule has 40 heavy (non-hydrogen) atoms. The zero-order chi connectivity index (χ0) is 30.0. The smallest absolute Gasteiger partial charge is 0.236 e. The highest BCUT2D eigenvalue weighted by atomic mass is 16.5. The van der Waals surface area contributed by atoms with Crippen molar-refractivity contribution in [2.75, 3.05) is 34.4 Å². The largest absolute Gasteiger partial charge is 0.386 e. The molecule has 1 aliphatic rings. The minimum absolute atomic E-state index is 0.0938. The second-order valence-electron chi connectivity index (χ2n) is 11.0. The molecule has 4 N–H and O–H groups in total. The second kappa shape index (κ2) is 16.0. The van der Waals surface area contributed by atoms with Gasteiger partial charge in [0.25, 0.3) is 0 Å². The van der Waals surface area contributed by atoms with Crippen LogP contribution in [0.15, 0.2) is 30.3 Å². The molecular formula is C30H50N4O6. The summed E-state index contributed by atoms with van der Waals surface area (Å²) in [4.78, 5) is 42.7. The fourth-order valence-corrected chi connectivity index (χ4v) is 5.84. The molecule has 1 aliphatic heterocycles. The Labute approximate surface area is 239 Å². The lowest BCUT2D eigenvalue weighted by atomic mass is 9.90. The Morgan fingerprint density at radius 1 is 1.15 bits per heavy atom. The third-order valence-corrected chi connectivity index (χ3v) is 8.46. The van der Waals surface area contributed by atoms with Crippen LogP contribution in [-0.4, -0.2) is 97.3 Å². The molecule has 1 saturated heterocycles. The summed E-state index contributed by atoms with van der Waals surface area (Å²) in [5, 5.41) is 13.6. The van der Waals surface area contributed by atoms with Gasteiger partial charge in [-0.1, -0.05) is 57.5 Å². The highest BCUT2D eigenvalue weighted by molar-refractivity contribution is 5.81. The monoisotopic (exact) mass is 562 g/mol. The molecule has 0 radical (unpaired) electrons. The topological polar surface area (TPSA) is 134 Å². The summed E-state index contributed by atoms with van der Waals surface area (Å²) in [7, 11) is 4.82. The maximum atomic E-state index is 13.7. The second-order valence-corrected chi connectivity index (χ2v) is 11.0. The summed E-state index contributed by atoms with van der Waals surface area (Å²) in [5.41, 5.74) is 6.35. The van der Waals surface area contributed by atoms with Gasteiger partial charge in [0.15, 0.2) is 0 Å². The molecule has 1 heterocycles. The van der Waals surface area contributed by atoms with Crippen LogP contribution in [0.3, 0.4) is 0 Å². The number of benzene rings is 1. The van der Waals surface area contributed by atoms with Gasteiger partial charge in [0.05, 0.1) is 55.3 Å². The standard InChI is InChI=1S/C30H50N4O6/c1-8-19(2)27(33(5)26(36)18-31)24(39-6)17-25(35)34-16-12-15-23(34)29(40-7)20(3)30(38)32-21(4)28(37)22-13-10-9-11-14-22/h9-11,13-14,19-21,23-24,27-29,37H,8,12,15-18,31H2,1-7H3,(H,32,38). The van der Waals surface area contributed by atoms with Gasteiger partial charge in [0, 0.05) is 27.8 Å². The van der Waals surface area contributed by atoms with Crippen LogP contribution in [0.25, 0.3) is 0 Å². The van der Waals surface area contributed by atoms with Gasteiger partial charge in [-0.2, -0.15) is 0 Å². The molecule has 0 bridgehead atoms. The lowest BCUT2D eigenvalue weighted by Gasteiger charge is -2.39. The maximum absolute atomic E-state index is 13.7. The molecule has 10 nitrogen and oxygen atoms in total. The Morgan fingerprint density at radius 2 is 1.80 bits per heavy atom. The summed E-state index contributed by atoms with van der Waals surface area (Å²) in [5.74, 6) is -1.02. The van der Waals surface area contributed by atoms with E-state index >= 15 is 0 Å². The van der Waals surface area contributed by atoms with Gasteiger partial charge >= 0.3 is 0 Å². The van der Waals surface area contributed by atoms with Crippen molar-refractivity contribution >= 4 is 17.7 Å². The van der Waals surface area contributed by atoms with Crippen molar-refractivity contribution < 1.29 is 29.0 Å². The summed E-state index contributed by atoms with van der Waals surface area (Å²) in [6.07, 6.45) is 0.529. The molecule has 1 fully saturated rings. The average molecular weight is 563 g/mol. The molecule has 1 aromatic rings. The quantitative estimate of drug-likeness (QED) is 0.298. The molecule has 0 aromatic heterocycles. The van der Waals surface area contributed by atoms with E-state index in [9.17, 15) is 19.5 Å². The third kappa shape index (κ3) is 8.25. The number of rotatable bonds is 15. The number of nitrogens with zero attached hydrogens (tertiary/aromatic N) is 2. The Kier molecular flexibility index (Phi) is 13.5. The third-order valence-electron chi connectivity index (χ3n) is 8.46. The van der Waals surface area contributed by atoms with Gasteiger partial charge in [0.2, 0.25) is 17.7 Å².